The maximum absolute atomic E-state index is 13.6. The number of rotatable bonds is 4. The summed E-state index contributed by atoms with van der Waals surface area (Å²) in [6.45, 7) is -2.60. The van der Waals surface area contributed by atoms with Gasteiger partial charge in [-0.05, 0) is 25.7 Å². The lowest BCUT2D eigenvalue weighted by Crippen LogP contribution is -2.62. The molecule has 0 heterocycles. The topological polar surface area (TPSA) is 3.24 Å². The van der Waals surface area contributed by atoms with E-state index in [1.54, 1.807) is 0 Å². The van der Waals surface area contributed by atoms with Crippen molar-refractivity contribution in [3.05, 3.63) is 11.8 Å². The molecule has 0 aromatic heterocycles. The fourth-order valence-corrected chi connectivity index (χ4v) is 1.97. The van der Waals surface area contributed by atoms with Gasteiger partial charge in [0.25, 0.3) is 0 Å². The predicted octanol–water partition coefficient (Wildman–Crippen LogP) is 5.10. The summed E-state index contributed by atoms with van der Waals surface area (Å²) in [5.74, 6) is -6.62. The fourth-order valence-electron chi connectivity index (χ4n) is 1.97. The molecule has 1 aliphatic carbocycles. The van der Waals surface area contributed by atoms with Gasteiger partial charge < -0.3 is 4.90 Å². The van der Waals surface area contributed by atoms with Crippen molar-refractivity contribution in [2.24, 2.45) is 0 Å². The van der Waals surface area contributed by atoms with E-state index in [0.29, 0.717) is 6.42 Å². The third-order valence-corrected chi connectivity index (χ3v) is 3.02. The van der Waals surface area contributed by atoms with Crippen LogP contribution in [0.25, 0.3) is 0 Å². The molecule has 1 aliphatic rings. The molecule has 0 saturated heterocycles. The summed E-state index contributed by atoms with van der Waals surface area (Å²) in [6.07, 6.45) is -11.1. The van der Waals surface area contributed by atoms with Crippen LogP contribution in [0.4, 0.5) is 43.9 Å². The molecule has 1 nitrogen and oxygen atoms in total. The van der Waals surface area contributed by atoms with Gasteiger partial charge in [-0.25, -0.2) is 0 Å². The van der Waals surface area contributed by atoms with Gasteiger partial charge in [-0.3, -0.25) is 0 Å². The quantitative estimate of drug-likeness (QED) is 0.505. The number of alkyl halides is 10. The molecule has 0 aliphatic heterocycles. The van der Waals surface area contributed by atoms with Gasteiger partial charge in [-0.2, -0.15) is 43.9 Å². The van der Waals surface area contributed by atoms with Crippen molar-refractivity contribution in [1.29, 1.82) is 0 Å². The third kappa shape index (κ3) is 3.78. The van der Waals surface area contributed by atoms with E-state index in [1.165, 1.54) is 0 Å². The minimum Gasteiger partial charge on any atom is -0.303 e. The lowest BCUT2D eigenvalue weighted by molar-refractivity contribution is -0.390. The summed E-state index contributed by atoms with van der Waals surface area (Å²) in [6, 6.07) is -6.05. The normalized spacial score (nSPS) is 18.2. The smallest absolute Gasteiger partial charge is 0.303 e. The molecule has 0 spiro atoms. The average Bonchev–Trinajstić information content (AvgIpc) is 2.34. The Morgan fingerprint density at radius 1 is 0.864 bits per heavy atom. The van der Waals surface area contributed by atoms with Crippen molar-refractivity contribution in [3.63, 3.8) is 0 Å². The van der Waals surface area contributed by atoms with Crippen LogP contribution in [0.5, 0.6) is 0 Å². The lowest BCUT2D eigenvalue weighted by atomic mass is 10.0. The second-order valence-corrected chi connectivity index (χ2v) is 4.76. The van der Waals surface area contributed by atoms with E-state index in [-0.39, 0.29) is 12.8 Å². The second-order valence-electron chi connectivity index (χ2n) is 4.76. The van der Waals surface area contributed by atoms with Crippen molar-refractivity contribution >= 4 is 0 Å². The average molecular weight is 347 g/mol. The van der Waals surface area contributed by atoms with Crippen LogP contribution in [-0.4, -0.2) is 35.8 Å². The summed E-state index contributed by atoms with van der Waals surface area (Å²) in [5.41, 5.74) is -0.863. The highest BCUT2D eigenvalue weighted by Gasteiger charge is 2.76. The van der Waals surface area contributed by atoms with E-state index in [9.17, 15) is 43.9 Å². The van der Waals surface area contributed by atoms with Crippen LogP contribution in [0.2, 0.25) is 0 Å². The van der Waals surface area contributed by atoms with Crippen molar-refractivity contribution < 1.29 is 43.9 Å². The zero-order valence-electron chi connectivity index (χ0n) is 10.8. The Kier molecular flexibility index (Phi) is 4.98. The number of hydrogen-bond acceptors (Lipinski definition) is 1. The maximum Gasteiger partial charge on any atom is 0.462 e. The molecule has 130 valence electrons. The Bertz CT molecular complexity index is 420. The fraction of sp³-hybridized carbons (Fsp3) is 0.818. The summed E-state index contributed by atoms with van der Waals surface area (Å²) in [7, 11) is 0. The zero-order valence-corrected chi connectivity index (χ0v) is 10.8. The van der Waals surface area contributed by atoms with Gasteiger partial charge in [-0.1, -0.05) is 6.08 Å². The molecular weight excluding hydrogens is 336 g/mol. The lowest BCUT2D eigenvalue weighted by Gasteiger charge is -2.40. The van der Waals surface area contributed by atoms with Crippen LogP contribution in [0.3, 0.4) is 0 Å². The molecule has 0 aromatic rings. The molecular formula is C11H11F10N. The van der Waals surface area contributed by atoms with Crippen LogP contribution < -0.4 is 0 Å². The van der Waals surface area contributed by atoms with Gasteiger partial charge in [-0.15, -0.1) is 0 Å². The van der Waals surface area contributed by atoms with E-state index in [0.717, 1.165) is 6.08 Å². The van der Waals surface area contributed by atoms with E-state index < -0.39 is 47.9 Å². The van der Waals surface area contributed by atoms with E-state index >= 15 is 0 Å². The van der Waals surface area contributed by atoms with E-state index in [1.807, 2.05) is 0 Å². The third-order valence-electron chi connectivity index (χ3n) is 3.02. The van der Waals surface area contributed by atoms with Gasteiger partial charge in [0.05, 0.1) is 0 Å². The van der Waals surface area contributed by atoms with Crippen LogP contribution in [0, 0.1) is 0 Å². The minimum atomic E-state index is -6.68. The molecule has 0 saturated carbocycles. The first-order valence-corrected chi connectivity index (χ1v) is 6.06. The van der Waals surface area contributed by atoms with Gasteiger partial charge in [0.1, 0.15) is 6.54 Å². The Morgan fingerprint density at radius 2 is 1.41 bits per heavy atom. The largest absolute Gasteiger partial charge is 0.462 e. The van der Waals surface area contributed by atoms with Crippen molar-refractivity contribution in [2.75, 3.05) is 6.54 Å². The van der Waals surface area contributed by atoms with E-state index in [2.05, 4.69) is 0 Å². The molecule has 22 heavy (non-hydrogen) atoms. The van der Waals surface area contributed by atoms with E-state index in [4.69, 9.17) is 0 Å². The van der Waals surface area contributed by atoms with Crippen LogP contribution in [0.15, 0.2) is 11.8 Å². The minimum absolute atomic E-state index is 0.0252. The Morgan fingerprint density at radius 3 is 1.77 bits per heavy atom. The first kappa shape index (κ1) is 18.9. The Balaban J connectivity index is 3.27. The number of halogens is 10. The van der Waals surface area contributed by atoms with Crippen LogP contribution in [-0.2, 0) is 0 Å². The van der Waals surface area contributed by atoms with Gasteiger partial charge in [0, 0.05) is 5.70 Å². The first-order chi connectivity index (χ1) is 9.70. The van der Waals surface area contributed by atoms with Crippen molar-refractivity contribution in [3.8, 4) is 0 Å². The van der Waals surface area contributed by atoms with Crippen LogP contribution >= 0.6 is 0 Å². The summed E-state index contributed by atoms with van der Waals surface area (Å²) in [5, 5.41) is 0. The second kappa shape index (κ2) is 5.80. The first-order valence-electron chi connectivity index (χ1n) is 6.06. The molecule has 0 atom stereocenters. The molecule has 0 bridgehead atoms. The van der Waals surface area contributed by atoms with Crippen LogP contribution in [0.1, 0.15) is 25.7 Å². The monoisotopic (exact) mass is 347 g/mol. The molecule has 0 unspecified atom stereocenters. The highest BCUT2D eigenvalue weighted by Crippen LogP contribution is 2.50. The Hall–Kier alpha value is -1.16. The number of hydrogen-bond donors (Lipinski definition) is 0. The molecule has 0 N–H and O–H groups in total. The molecule has 1 rings (SSSR count). The zero-order chi connectivity index (χ0) is 17.4. The summed E-state index contributed by atoms with van der Waals surface area (Å²) < 4.78 is 127. The van der Waals surface area contributed by atoms with Crippen molar-refractivity contribution in [1.82, 2.24) is 4.90 Å². The van der Waals surface area contributed by atoms with Gasteiger partial charge >= 0.3 is 24.3 Å². The predicted molar refractivity (Wildman–Crippen MR) is 55.3 cm³/mol. The SMILES string of the molecule is FC(F)(F)CN(C1=CCCCC1)C(F)(F)C(F)(F)C(F)(F)F. The molecule has 0 radical (unpaired) electrons. The molecule has 0 amide bonds. The van der Waals surface area contributed by atoms with Gasteiger partial charge in [0.2, 0.25) is 0 Å². The number of nitrogens with zero attached hydrogens (tertiary/aromatic N) is 1. The Labute approximate surface area is 118 Å². The van der Waals surface area contributed by atoms with Gasteiger partial charge in [0.15, 0.2) is 0 Å². The summed E-state index contributed by atoms with van der Waals surface area (Å²) in [4.78, 5) is -1.18. The highest BCUT2D eigenvalue weighted by atomic mass is 19.4. The maximum atomic E-state index is 13.6. The standard InChI is InChI=1S/C11H11F10N/c12-8(13,14)6-22(7-4-2-1-3-5-7)11(20,21)9(15,16)10(17,18)19/h4H,1-3,5-6H2. The summed E-state index contributed by atoms with van der Waals surface area (Å²) >= 11 is 0. The molecule has 0 fully saturated rings. The number of allylic oxidation sites excluding steroid dienone is 2. The molecule has 11 heteroatoms. The molecule has 0 aromatic carbocycles. The van der Waals surface area contributed by atoms with Crippen molar-refractivity contribution in [2.45, 2.75) is 50.0 Å². The highest BCUT2D eigenvalue weighted by molar-refractivity contribution is 5.09.